The van der Waals surface area contributed by atoms with E-state index in [1.807, 2.05) is 0 Å². The van der Waals surface area contributed by atoms with Crippen LogP contribution in [0.1, 0.15) is 49.9 Å². The van der Waals surface area contributed by atoms with Crippen LogP contribution in [0, 0.1) is 11.8 Å². The van der Waals surface area contributed by atoms with E-state index >= 15 is 0 Å². The number of carbonyl (C=O) groups excluding carboxylic acids is 3. The summed E-state index contributed by atoms with van der Waals surface area (Å²) in [5.41, 5.74) is 0.547. The van der Waals surface area contributed by atoms with Crippen molar-refractivity contribution in [2.45, 2.75) is 45.6 Å². The van der Waals surface area contributed by atoms with Crippen molar-refractivity contribution in [3.8, 4) is 0 Å². The van der Waals surface area contributed by atoms with Gasteiger partial charge in [0, 0.05) is 36.8 Å². The molecule has 0 bridgehead atoms. The first-order valence-corrected chi connectivity index (χ1v) is 10.8. The molecule has 158 valence electrons. The van der Waals surface area contributed by atoms with Crippen LogP contribution in [0.4, 0.5) is 0 Å². The van der Waals surface area contributed by atoms with Crippen LogP contribution in [-0.4, -0.2) is 59.9 Å². The maximum Gasteiger partial charge on any atom is 0.311 e. The molecule has 0 spiro atoms. The summed E-state index contributed by atoms with van der Waals surface area (Å²) in [5, 5.41) is 0.573. The van der Waals surface area contributed by atoms with E-state index in [2.05, 4.69) is 6.92 Å². The molecule has 2 atom stereocenters. The zero-order valence-electron chi connectivity index (χ0n) is 17.1. The van der Waals surface area contributed by atoms with Crippen LogP contribution in [0.3, 0.4) is 0 Å². The van der Waals surface area contributed by atoms with Crippen LogP contribution < -0.4 is 0 Å². The molecule has 2 amide bonds. The number of hydrogen-bond acceptors (Lipinski definition) is 4. The Morgan fingerprint density at radius 3 is 2.34 bits per heavy atom. The third-order valence-electron chi connectivity index (χ3n) is 5.87. The maximum absolute atomic E-state index is 12.7. The molecule has 2 heterocycles. The van der Waals surface area contributed by atoms with E-state index in [0.717, 1.165) is 19.3 Å². The SMILES string of the molecule is CC1CCN(C(=O)[C@@H](C)OC(=O)[C@@H]2CCCN(C(=O)c3ccc(Cl)cc3)C2)CC1. The lowest BCUT2D eigenvalue weighted by Crippen LogP contribution is -2.46. The summed E-state index contributed by atoms with van der Waals surface area (Å²) >= 11 is 5.89. The molecule has 2 saturated heterocycles. The van der Waals surface area contributed by atoms with Gasteiger partial charge in [0.2, 0.25) is 0 Å². The minimum Gasteiger partial charge on any atom is -0.452 e. The van der Waals surface area contributed by atoms with E-state index in [9.17, 15) is 14.4 Å². The molecule has 0 N–H and O–H groups in total. The van der Waals surface area contributed by atoms with Crippen LogP contribution in [-0.2, 0) is 14.3 Å². The van der Waals surface area contributed by atoms with Gasteiger partial charge in [-0.3, -0.25) is 14.4 Å². The molecule has 29 heavy (non-hydrogen) atoms. The summed E-state index contributed by atoms with van der Waals surface area (Å²) in [6.07, 6.45) is 2.56. The molecule has 2 aliphatic rings. The molecule has 0 saturated carbocycles. The van der Waals surface area contributed by atoms with Crippen molar-refractivity contribution >= 4 is 29.4 Å². The second-order valence-corrected chi connectivity index (χ2v) is 8.62. The lowest BCUT2D eigenvalue weighted by atomic mass is 9.97. The number of piperidine rings is 2. The fraction of sp³-hybridized carbons (Fsp3) is 0.591. The third kappa shape index (κ3) is 5.50. The van der Waals surface area contributed by atoms with Gasteiger partial charge in [0.1, 0.15) is 0 Å². The van der Waals surface area contributed by atoms with Crippen molar-refractivity contribution in [3.05, 3.63) is 34.9 Å². The first kappa shape index (κ1) is 21.6. The molecular formula is C22H29ClN2O4. The molecular weight excluding hydrogens is 392 g/mol. The van der Waals surface area contributed by atoms with Crippen LogP contribution in [0.2, 0.25) is 5.02 Å². The van der Waals surface area contributed by atoms with E-state index < -0.39 is 18.0 Å². The number of amides is 2. The molecule has 1 aromatic rings. The summed E-state index contributed by atoms with van der Waals surface area (Å²) in [4.78, 5) is 41.4. The van der Waals surface area contributed by atoms with Crippen molar-refractivity contribution in [1.29, 1.82) is 0 Å². The smallest absolute Gasteiger partial charge is 0.311 e. The number of benzene rings is 1. The van der Waals surface area contributed by atoms with Crippen molar-refractivity contribution < 1.29 is 19.1 Å². The van der Waals surface area contributed by atoms with Gasteiger partial charge in [-0.2, -0.15) is 0 Å². The fourth-order valence-corrected chi connectivity index (χ4v) is 4.06. The van der Waals surface area contributed by atoms with E-state index in [1.165, 1.54) is 0 Å². The number of ether oxygens (including phenoxy) is 1. The summed E-state index contributed by atoms with van der Waals surface area (Å²) in [6.45, 7) is 6.17. The Labute approximate surface area is 177 Å². The lowest BCUT2D eigenvalue weighted by Gasteiger charge is -2.34. The van der Waals surface area contributed by atoms with Crippen LogP contribution in [0.5, 0.6) is 0 Å². The summed E-state index contributed by atoms with van der Waals surface area (Å²) in [5.74, 6) is -0.425. The zero-order chi connectivity index (χ0) is 21.0. The molecule has 0 radical (unpaired) electrons. The lowest BCUT2D eigenvalue weighted by molar-refractivity contribution is -0.164. The Kier molecular flexibility index (Phi) is 7.17. The maximum atomic E-state index is 12.7. The number of halogens is 1. The van der Waals surface area contributed by atoms with Crippen molar-refractivity contribution in [1.82, 2.24) is 9.80 Å². The standard InChI is InChI=1S/C22H29ClN2O4/c1-15-9-12-24(13-10-15)20(26)16(2)29-22(28)18-4-3-11-25(14-18)21(27)17-5-7-19(23)8-6-17/h5-8,15-16,18H,3-4,9-14H2,1-2H3/t16-,18-/m1/s1. The number of rotatable bonds is 4. The minimum atomic E-state index is -0.793. The fourth-order valence-electron chi connectivity index (χ4n) is 3.94. The Bertz CT molecular complexity index is 744. The zero-order valence-corrected chi connectivity index (χ0v) is 17.9. The Balaban J connectivity index is 1.54. The molecule has 0 aliphatic carbocycles. The van der Waals surface area contributed by atoms with Gasteiger partial charge in [-0.15, -0.1) is 0 Å². The Morgan fingerprint density at radius 1 is 1.03 bits per heavy atom. The summed E-state index contributed by atoms with van der Waals surface area (Å²) in [7, 11) is 0. The van der Waals surface area contributed by atoms with E-state index in [-0.39, 0.29) is 11.8 Å². The number of likely N-dealkylation sites (tertiary alicyclic amines) is 2. The molecule has 6 nitrogen and oxygen atoms in total. The molecule has 2 fully saturated rings. The van der Waals surface area contributed by atoms with E-state index in [1.54, 1.807) is 41.0 Å². The normalized spacial score (nSPS) is 21.6. The summed E-state index contributed by atoms with van der Waals surface area (Å²) < 4.78 is 5.50. The second-order valence-electron chi connectivity index (χ2n) is 8.18. The largest absolute Gasteiger partial charge is 0.452 e. The van der Waals surface area contributed by atoms with Crippen LogP contribution >= 0.6 is 11.6 Å². The van der Waals surface area contributed by atoms with Crippen molar-refractivity contribution in [2.75, 3.05) is 26.2 Å². The minimum absolute atomic E-state index is 0.120. The van der Waals surface area contributed by atoms with Gasteiger partial charge < -0.3 is 14.5 Å². The number of hydrogen-bond donors (Lipinski definition) is 0. The number of esters is 1. The predicted octanol–water partition coefficient (Wildman–Crippen LogP) is 3.38. The Hall–Kier alpha value is -2.08. The number of nitrogens with zero attached hydrogens (tertiary/aromatic N) is 2. The molecule has 3 rings (SSSR count). The van der Waals surface area contributed by atoms with Crippen LogP contribution in [0.25, 0.3) is 0 Å². The third-order valence-corrected chi connectivity index (χ3v) is 6.12. The van der Waals surface area contributed by atoms with Crippen molar-refractivity contribution in [2.24, 2.45) is 11.8 Å². The average Bonchev–Trinajstić information content (AvgIpc) is 2.74. The van der Waals surface area contributed by atoms with Gasteiger partial charge >= 0.3 is 5.97 Å². The van der Waals surface area contributed by atoms with Crippen LogP contribution in [0.15, 0.2) is 24.3 Å². The topological polar surface area (TPSA) is 66.9 Å². The highest BCUT2D eigenvalue weighted by Gasteiger charge is 2.33. The molecule has 2 aliphatic heterocycles. The second kappa shape index (κ2) is 9.61. The highest BCUT2D eigenvalue weighted by atomic mass is 35.5. The van der Waals surface area contributed by atoms with E-state index in [4.69, 9.17) is 16.3 Å². The Morgan fingerprint density at radius 2 is 1.69 bits per heavy atom. The molecule has 0 aromatic heterocycles. The number of carbonyl (C=O) groups is 3. The van der Waals surface area contributed by atoms with Gasteiger partial charge in [0.05, 0.1) is 5.92 Å². The van der Waals surface area contributed by atoms with Gasteiger partial charge in [-0.05, 0) is 62.8 Å². The first-order chi connectivity index (χ1) is 13.8. The molecule has 0 unspecified atom stereocenters. The average molecular weight is 421 g/mol. The van der Waals surface area contributed by atoms with E-state index in [0.29, 0.717) is 49.1 Å². The predicted molar refractivity (Wildman–Crippen MR) is 111 cm³/mol. The quantitative estimate of drug-likeness (QED) is 0.700. The summed E-state index contributed by atoms with van der Waals surface area (Å²) in [6, 6.07) is 6.73. The van der Waals surface area contributed by atoms with Gasteiger partial charge in [-0.25, -0.2) is 0 Å². The van der Waals surface area contributed by atoms with Gasteiger partial charge in [-0.1, -0.05) is 18.5 Å². The van der Waals surface area contributed by atoms with Crippen molar-refractivity contribution in [3.63, 3.8) is 0 Å². The van der Waals surface area contributed by atoms with Gasteiger partial charge in [0.15, 0.2) is 6.10 Å². The molecule has 7 heteroatoms. The highest BCUT2D eigenvalue weighted by Crippen LogP contribution is 2.22. The highest BCUT2D eigenvalue weighted by molar-refractivity contribution is 6.30. The first-order valence-electron chi connectivity index (χ1n) is 10.4. The molecule has 1 aromatic carbocycles. The monoisotopic (exact) mass is 420 g/mol. The van der Waals surface area contributed by atoms with Gasteiger partial charge in [0.25, 0.3) is 11.8 Å².